The Kier molecular flexibility index (Phi) is 5.69. The highest BCUT2D eigenvalue weighted by Gasteiger charge is 2.24. The summed E-state index contributed by atoms with van der Waals surface area (Å²) in [5.41, 5.74) is 17.0. The van der Waals surface area contributed by atoms with E-state index in [4.69, 9.17) is 17.2 Å². The summed E-state index contributed by atoms with van der Waals surface area (Å²) in [6.07, 6.45) is 5.04. The van der Waals surface area contributed by atoms with E-state index in [0.29, 0.717) is 5.69 Å². The quantitative estimate of drug-likeness (QED) is 0.498. The van der Waals surface area contributed by atoms with Gasteiger partial charge in [0.2, 0.25) is 0 Å². The van der Waals surface area contributed by atoms with Crippen molar-refractivity contribution in [2.24, 2.45) is 17.2 Å². The molecule has 1 aliphatic rings. The predicted octanol–water partition coefficient (Wildman–Crippen LogP) is 1.24. The lowest BCUT2D eigenvalue weighted by Crippen LogP contribution is -2.43. The molecule has 3 rings (SSSR count). The van der Waals surface area contributed by atoms with Crippen LogP contribution in [0.25, 0.3) is 0 Å². The summed E-state index contributed by atoms with van der Waals surface area (Å²) in [5, 5.41) is 5.90. The molecule has 2 amide bonds. The summed E-state index contributed by atoms with van der Waals surface area (Å²) in [6.45, 7) is 0. The fraction of sp³-hybridized carbons (Fsp3) is 0.333. The highest BCUT2D eigenvalue weighted by atomic mass is 19.1. The van der Waals surface area contributed by atoms with Gasteiger partial charge in [-0.25, -0.2) is 9.37 Å². The van der Waals surface area contributed by atoms with Crippen LogP contribution in [0, 0.1) is 5.82 Å². The molecule has 2 aromatic rings. The predicted molar refractivity (Wildman–Crippen MR) is 103 cm³/mol. The molecule has 2 heterocycles. The van der Waals surface area contributed by atoms with E-state index >= 15 is 0 Å². The van der Waals surface area contributed by atoms with Crippen molar-refractivity contribution in [2.45, 2.75) is 37.8 Å². The van der Waals surface area contributed by atoms with Gasteiger partial charge in [0.25, 0.3) is 11.8 Å². The first-order valence-corrected chi connectivity index (χ1v) is 8.90. The molecule has 0 bridgehead atoms. The number of amides is 2. The Balaban J connectivity index is 1.93. The smallest absolute Gasteiger partial charge is 0.267 e. The second kappa shape index (κ2) is 8.17. The van der Waals surface area contributed by atoms with Gasteiger partial charge in [-0.1, -0.05) is 12.8 Å². The highest BCUT2D eigenvalue weighted by Crippen LogP contribution is 2.26. The molecule has 10 heteroatoms. The van der Waals surface area contributed by atoms with Gasteiger partial charge in [-0.3, -0.25) is 14.6 Å². The number of primary amides is 2. The number of hydrogen-bond donors (Lipinski definition) is 5. The second-order valence-electron chi connectivity index (χ2n) is 6.70. The first-order valence-electron chi connectivity index (χ1n) is 8.90. The van der Waals surface area contributed by atoms with E-state index in [-0.39, 0.29) is 35.0 Å². The molecule has 2 aromatic heterocycles. The van der Waals surface area contributed by atoms with Crippen molar-refractivity contribution in [3.05, 3.63) is 41.5 Å². The zero-order valence-electron chi connectivity index (χ0n) is 15.1. The minimum absolute atomic E-state index is 0.0271. The van der Waals surface area contributed by atoms with Crippen molar-refractivity contribution in [1.29, 1.82) is 0 Å². The number of halogens is 1. The normalized spacial score (nSPS) is 19.1. The molecule has 148 valence electrons. The Bertz CT molecular complexity index is 905. The number of carbonyl (C=O) groups is 2. The van der Waals surface area contributed by atoms with E-state index in [1.165, 1.54) is 12.3 Å². The van der Waals surface area contributed by atoms with Gasteiger partial charge in [0.1, 0.15) is 11.5 Å². The lowest BCUT2D eigenvalue weighted by molar-refractivity contribution is 0.0989. The van der Waals surface area contributed by atoms with Crippen LogP contribution in [0.2, 0.25) is 0 Å². The van der Waals surface area contributed by atoms with Gasteiger partial charge in [-0.05, 0) is 31.0 Å². The first-order chi connectivity index (χ1) is 13.3. The largest absolute Gasteiger partial charge is 0.365 e. The van der Waals surface area contributed by atoms with E-state index in [0.717, 1.165) is 31.7 Å². The van der Waals surface area contributed by atoms with Gasteiger partial charge in [-0.2, -0.15) is 0 Å². The Morgan fingerprint density at radius 3 is 2.54 bits per heavy atom. The standard InChI is InChI=1S/C18H22FN7O2/c19-11-8-10(15(21)27)17(24-9-5-6-23-14(7-9)16(22)28)26-18(11)25-13-4-2-1-3-12(13)20/h5-8,12-13H,1-4,20H2,(H2,21,27)(H2,22,28)(H2,23,24,25,26). The van der Waals surface area contributed by atoms with Crippen LogP contribution < -0.4 is 27.8 Å². The Hall–Kier alpha value is -3.27. The molecular formula is C18H22FN7O2. The van der Waals surface area contributed by atoms with Crippen LogP contribution in [0.3, 0.4) is 0 Å². The number of nitrogens with one attached hydrogen (secondary N) is 2. The molecule has 8 N–H and O–H groups in total. The van der Waals surface area contributed by atoms with Crippen LogP contribution >= 0.6 is 0 Å². The minimum Gasteiger partial charge on any atom is -0.365 e. The molecule has 0 radical (unpaired) electrons. The van der Waals surface area contributed by atoms with Gasteiger partial charge >= 0.3 is 0 Å². The van der Waals surface area contributed by atoms with Crippen molar-refractivity contribution in [1.82, 2.24) is 9.97 Å². The molecule has 1 saturated carbocycles. The average molecular weight is 387 g/mol. The van der Waals surface area contributed by atoms with Gasteiger partial charge in [0, 0.05) is 24.0 Å². The number of rotatable bonds is 6. The zero-order chi connectivity index (χ0) is 20.3. The third kappa shape index (κ3) is 4.34. The SMILES string of the molecule is NC(=O)c1cc(Nc2nc(NC3CCCCC3N)c(F)cc2C(N)=O)ccn1. The minimum atomic E-state index is -0.848. The summed E-state index contributed by atoms with van der Waals surface area (Å²) in [6, 6.07) is 3.73. The van der Waals surface area contributed by atoms with Crippen molar-refractivity contribution >= 4 is 29.1 Å². The molecule has 0 aromatic carbocycles. The fourth-order valence-electron chi connectivity index (χ4n) is 3.17. The molecule has 2 atom stereocenters. The number of nitrogens with two attached hydrogens (primary N) is 3. The third-order valence-corrected chi connectivity index (χ3v) is 4.66. The van der Waals surface area contributed by atoms with Crippen LogP contribution in [-0.4, -0.2) is 33.9 Å². The number of hydrogen-bond acceptors (Lipinski definition) is 7. The van der Waals surface area contributed by atoms with Crippen molar-refractivity contribution in [3.63, 3.8) is 0 Å². The summed E-state index contributed by atoms with van der Waals surface area (Å²) in [5.74, 6) is -2.25. The topological polar surface area (TPSA) is 162 Å². The van der Waals surface area contributed by atoms with Crippen LogP contribution in [-0.2, 0) is 0 Å². The van der Waals surface area contributed by atoms with Gasteiger partial charge in [0.05, 0.1) is 5.56 Å². The highest BCUT2D eigenvalue weighted by molar-refractivity contribution is 5.99. The van der Waals surface area contributed by atoms with E-state index < -0.39 is 17.6 Å². The molecule has 9 nitrogen and oxygen atoms in total. The average Bonchev–Trinajstić information content (AvgIpc) is 2.66. The third-order valence-electron chi connectivity index (χ3n) is 4.66. The van der Waals surface area contributed by atoms with Gasteiger partial charge in [0.15, 0.2) is 11.6 Å². The molecular weight excluding hydrogens is 365 g/mol. The Morgan fingerprint density at radius 1 is 1.11 bits per heavy atom. The van der Waals surface area contributed by atoms with Crippen molar-refractivity contribution in [3.8, 4) is 0 Å². The second-order valence-corrected chi connectivity index (χ2v) is 6.70. The molecule has 1 fully saturated rings. The van der Waals surface area contributed by atoms with E-state index in [9.17, 15) is 14.0 Å². The number of nitrogens with zero attached hydrogens (tertiary/aromatic N) is 2. The lowest BCUT2D eigenvalue weighted by Gasteiger charge is -2.30. The Morgan fingerprint density at radius 2 is 1.86 bits per heavy atom. The first kappa shape index (κ1) is 19.5. The zero-order valence-corrected chi connectivity index (χ0v) is 15.1. The van der Waals surface area contributed by atoms with Crippen molar-refractivity contribution < 1.29 is 14.0 Å². The van der Waals surface area contributed by atoms with E-state index in [2.05, 4.69) is 20.6 Å². The lowest BCUT2D eigenvalue weighted by atomic mass is 9.91. The number of aromatic nitrogens is 2. The summed E-state index contributed by atoms with van der Waals surface area (Å²) in [7, 11) is 0. The molecule has 0 aliphatic heterocycles. The van der Waals surface area contributed by atoms with Crippen LogP contribution in [0.1, 0.15) is 46.5 Å². The van der Waals surface area contributed by atoms with Crippen molar-refractivity contribution in [2.75, 3.05) is 10.6 Å². The van der Waals surface area contributed by atoms with Gasteiger partial charge in [-0.15, -0.1) is 0 Å². The molecule has 2 unspecified atom stereocenters. The summed E-state index contributed by atoms with van der Waals surface area (Å²) in [4.78, 5) is 31.1. The fourth-order valence-corrected chi connectivity index (χ4v) is 3.17. The van der Waals surface area contributed by atoms with Crippen LogP contribution in [0.5, 0.6) is 0 Å². The maximum absolute atomic E-state index is 14.5. The molecule has 28 heavy (non-hydrogen) atoms. The summed E-state index contributed by atoms with van der Waals surface area (Å²) >= 11 is 0. The summed E-state index contributed by atoms with van der Waals surface area (Å²) < 4.78 is 14.5. The number of carbonyl (C=O) groups excluding carboxylic acids is 2. The van der Waals surface area contributed by atoms with Gasteiger partial charge < -0.3 is 27.8 Å². The molecule has 1 aliphatic carbocycles. The van der Waals surface area contributed by atoms with Crippen LogP contribution in [0.15, 0.2) is 24.4 Å². The monoisotopic (exact) mass is 387 g/mol. The maximum Gasteiger partial charge on any atom is 0.267 e. The number of pyridine rings is 2. The Labute approximate surface area is 160 Å². The van der Waals surface area contributed by atoms with Crippen LogP contribution in [0.4, 0.5) is 21.7 Å². The maximum atomic E-state index is 14.5. The van der Waals surface area contributed by atoms with E-state index in [1.807, 2.05) is 0 Å². The molecule has 0 spiro atoms. The number of anilines is 3. The molecule has 0 saturated heterocycles. The van der Waals surface area contributed by atoms with E-state index in [1.54, 1.807) is 6.07 Å².